The first-order valence-electron chi connectivity index (χ1n) is 7.74. The summed E-state index contributed by atoms with van der Waals surface area (Å²) in [5, 5.41) is 10.0. The van der Waals surface area contributed by atoms with Crippen LogP contribution < -0.4 is 10.7 Å². The van der Waals surface area contributed by atoms with Crippen molar-refractivity contribution < 1.29 is 14.3 Å². The standard InChI is InChI=1S/C19H17N3O3/c1-3-4-5-15-16(10-17(23)24)22-18(21-15)13-6-8-14(9-7-13)19-20-11-12(2)25-19/h3-11H,1-2H3,(H,21,22)(H,23,24). The maximum atomic E-state index is 11.0. The number of carboxylic acid groups (broad SMARTS) is 1. The van der Waals surface area contributed by atoms with Crippen LogP contribution in [-0.2, 0) is 4.79 Å². The molecule has 1 aromatic carbocycles. The van der Waals surface area contributed by atoms with Crippen LogP contribution in [0.2, 0.25) is 0 Å². The van der Waals surface area contributed by atoms with Gasteiger partial charge in [-0.15, -0.1) is 0 Å². The first-order chi connectivity index (χ1) is 12.1. The van der Waals surface area contributed by atoms with Crippen molar-refractivity contribution in [3.05, 3.63) is 59.1 Å². The maximum Gasteiger partial charge on any atom is 0.330 e. The number of aromatic nitrogens is 3. The van der Waals surface area contributed by atoms with Crippen LogP contribution in [0.3, 0.4) is 0 Å². The van der Waals surface area contributed by atoms with E-state index in [2.05, 4.69) is 15.0 Å². The van der Waals surface area contributed by atoms with Gasteiger partial charge in [0.05, 0.1) is 16.9 Å². The lowest BCUT2D eigenvalue weighted by atomic mass is 10.1. The summed E-state index contributed by atoms with van der Waals surface area (Å²) in [5.74, 6) is 0.881. The molecule has 6 heteroatoms. The van der Waals surface area contributed by atoms with E-state index in [-0.39, 0.29) is 0 Å². The van der Waals surface area contributed by atoms with E-state index in [9.17, 15) is 4.79 Å². The fourth-order valence-corrected chi connectivity index (χ4v) is 2.34. The van der Waals surface area contributed by atoms with E-state index in [0.717, 1.165) is 23.0 Å². The third-order valence-corrected chi connectivity index (χ3v) is 3.50. The number of nitrogens with zero attached hydrogens (tertiary/aromatic N) is 2. The third-order valence-electron chi connectivity index (χ3n) is 3.50. The molecule has 0 amide bonds. The van der Waals surface area contributed by atoms with Crippen LogP contribution in [0, 0.1) is 6.92 Å². The van der Waals surface area contributed by atoms with Crippen molar-refractivity contribution in [3.8, 4) is 22.8 Å². The fraction of sp³-hybridized carbons (Fsp3) is 0.105. The summed E-state index contributed by atoms with van der Waals surface area (Å²) in [6.45, 7) is 3.73. The number of aliphatic carboxylic acids is 1. The lowest BCUT2D eigenvalue weighted by molar-refractivity contribution is -0.129. The molecule has 0 aliphatic carbocycles. The summed E-state index contributed by atoms with van der Waals surface area (Å²) in [6.07, 6.45) is 8.21. The minimum Gasteiger partial charge on any atom is -0.478 e. The lowest BCUT2D eigenvalue weighted by Gasteiger charge is -1.98. The number of oxazole rings is 1. The predicted molar refractivity (Wildman–Crippen MR) is 94.9 cm³/mol. The molecular weight excluding hydrogens is 318 g/mol. The molecule has 0 unspecified atom stereocenters. The topological polar surface area (TPSA) is 92.0 Å². The number of carboxylic acids is 1. The number of H-pyrrole nitrogens is 1. The number of aryl methyl sites for hydroxylation is 1. The lowest BCUT2D eigenvalue weighted by Crippen LogP contribution is -2.25. The molecule has 6 nitrogen and oxygen atoms in total. The average molecular weight is 335 g/mol. The zero-order chi connectivity index (χ0) is 17.8. The Hall–Kier alpha value is -3.41. The highest BCUT2D eigenvalue weighted by Gasteiger charge is 2.07. The van der Waals surface area contributed by atoms with Gasteiger partial charge in [-0.3, -0.25) is 0 Å². The summed E-state index contributed by atoms with van der Waals surface area (Å²) >= 11 is 0. The second-order valence-corrected chi connectivity index (χ2v) is 5.41. The minimum absolute atomic E-state index is 0.452. The Balaban J connectivity index is 2.02. The highest BCUT2D eigenvalue weighted by atomic mass is 16.4. The van der Waals surface area contributed by atoms with Crippen molar-refractivity contribution in [2.24, 2.45) is 0 Å². The highest BCUT2D eigenvalue weighted by Crippen LogP contribution is 2.22. The Morgan fingerprint density at radius 2 is 1.96 bits per heavy atom. The van der Waals surface area contributed by atoms with Gasteiger partial charge < -0.3 is 14.5 Å². The van der Waals surface area contributed by atoms with Crippen LogP contribution in [0.25, 0.3) is 35.0 Å². The first kappa shape index (κ1) is 16.4. The van der Waals surface area contributed by atoms with E-state index >= 15 is 0 Å². The number of carbonyl (C=O) groups is 1. The van der Waals surface area contributed by atoms with Crippen molar-refractivity contribution in [2.45, 2.75) is 13.8 Å². The SMILES string of the molecule is CC=CC=c1nc(-c2ccc(-c3ncc(C)o3)cc2)[nH]c1=CC(=O)O. The van der Waals surface area contributed by atoms with E-state index in [4.69, 9.17) is 9.52 Å². The van der Waals surface area contributed by atoms with E-state index in [1.54, 1.807) is 12.3 Å². The molecule has 25 heavy (non-hydrogen) atoms. The Bertz CT molecular complexity index is 1040. The van der Waals surface area contributed by atoms with Crippen molar-refractivity contribution in [1.29, 1.82) is 0 Å². The number of benzene rings is 1. The van der Waals surface area contributed by atoms with Crippen LogP contribution in [-0.4, -0.2) is 26.0 Å². The van der Waals surface area contributed by atoms with Crippen LogP contribution >= 0.6 is 0 Å². The van der Waals surface area contributed by atoms with Gasteiger partial charge in [-0.2, -0.15) is 0 Å². The molecule has 0 saturated heterocycles. The Morgan fingerprint density at radius 3 is 2.56 bits per heavy atom. The third kappa shape index (κ3) is 3.74. The molecule has 0 aliphatic rings. The molecule has 0 radical (unpaired) electrons. The van der Waals surface area contributed by atoms with Gasteiger partial charge in [0.2, 0.25) is 5.89 Å². The van der Waals surface area contributed by atoms with Crippen molar-refractivity contribution in [3.63, 3.8) is 0 Å². The molecule has 0 atom stereocenters. The van der Waals surface area contributed by atoms with Gasteiger partial charge in [0.15, 0.2) is 0 Å². The van der Waals surface area contributed by atoms with E-state index in [1.807, 2.05) is 50.3 Å². The van der Waals surface area contributed by atoms with Gasteiger partial charge in [-0.1, -0.05) is 24.3 Å². The maximum absolute atomic E-state index is 11.0. The zero-order valence-electron chi connectivity index (χ0n) is 13.9. The van der Waals surface area contributed by atoms with Gasteiger partial charge in [-0.25, -0.2) is 14.8 Å². The van der Waals surface area contributed by atoms with E-state index < -0.39 is 5.97 Å². The molecule has 0 aliphatic heterocycles. The quantitative estimate of drug-likeness (QED) is 0.763. The molecule has 0 fully saturated rings. The molecule has 0 spiro atoms. The molecule has 0 bridgehead atoms. The second-order valence-electron chi connectivity index (χ2n) is 5.41. The van der Waals surface area contributed by atoms with Crippen molar-refractivity contribution in [1.82, 2.24) is 15.0 Å². The molecule has 3 rings (SSSR count). The van der Waals surface area contributed by atoms with Crippen molar-refractivity contribution >= 4 is 18.1 Å². The second kappa shape index (κ2) is 7.00. The minimum atomic E-state index is -1.03. The molecule has 3 aromatic rings. The molecule has 2 heterocycles. The summed E-state index contributed by atoms with van der Waals surface area (Å²) in [6, 6.07) is 7.55. The number of hydrogen-bond donors (Lipinski definition) is 2. The summed E-state index contributed by atoms with van der Waals surface area (Å²) in [5.41, 5.74) is 1.70. The largest absolute Gasteiger partial charge is 0.478 e. The number of hydrogen-bond acceptors (Lipinski definition) is 4. The molecule has 126 valence electrons. The molecular formula is C19H17N3O3. The number of allylic oxidation sites excluding steroid dienone is 2. The van der Waals surface area contributed by atoms with Crippen molar-refractivity contribution in [2.75, 3.05) is 0 Å². The highest BCUT2D eigenvalue weighted by molar-refractivity contribution is 5.98. The number of rotatable bonds is 4. The fourth-order valence-electron chi connectivity index (χ4n) is 2.34. The molecule has 2 N–H and O–H groups in total. The van der Waals surface area contributed by atoms with Gasteiger partial charge >= 0.3 is 5.97 Å². The smallest absolute Gasteiger partial charge is 0.330 e. The summed E-state index contributed by atoms with van der Waals surface area (Å²) < 4.78 is 5.51. The van der Waals surface area contributed by atoms with Gasteiger partial charge in [0.1, 0.15) is 11.6 Å². The monoisotopic (exact) mass is 335 g/mol. The number of nitrogens with one attached hydrogen (secondary N) is 1. The molecule has 2 aromatic heterocycles. The van der Waals surface area contributed by atoms with Crippen LogP contribution in [0.15, 0.2) is 47.0 Å². The van der Waals surface area contributed by atoms with Crippen LogP contribution in [0.1, 0.15) is 12.7 Å². The normalized spacial score (nSPS) is 13.0. The zero-order valence-corrected chi connectivity index (χ0v) is 13.9. The number of aromatic amines is 1. The Morgan fingerprint density at radius 1 is 1.24 bits per heavy atom. The molecule has 0 saturated carbocycles. The number of imidazole rings is 1. The van der Waals surface area contributed by atoms with Gasteiger partial charge in [-0.05, 0) is 32.1 Å². The Labute approximate surface area is 143 Å². The van der Waals surface area contributed by atoms with Gasteiger partial charge in [0.25, 0.3) is 0 Å². The average Bonchev–Trinajstić information content (AvgIpc) is 3.19. The van der Waals surface area contributed by atoms with E-state index in [0.29, 0.717) is 22.4 Å². The van der Waals surface area contributed by atoms with Gasteiger partial charge in [0, 0.05) is 17.2 Å². The van der Waals surface area contributed by atoms with Crippen LogP contribution in [0.4, 0.5) is 0 Å². The predicted octanol–water partition coefficient (Wildman–Crippen LogP) is 2.26. The summed E-state index contributed by atoms with van der Waals surface area (Å²) in [4.78, 5) is 22.7. The van der Waals surface area contributed by atoms with E-state index in [1.165, 1.54) is 0 Å². The Kier molecular flexibility index (Phi) is 4.61. The first-order valence-corrected chi connectivity index (χ1v) is 7.74. The van der Waals surface area contributed by atoms with Crippen LogP contribution in [0.5, 0.6) is 0 Å². The summed E-state index contributed by atoms with van der Waals surface area (Å²) in [7, 11) is 0.